The van der Waals surface area contributed by atoms with Gasteiger partial charge in [0.2, 0.25) is 0 Å². The van der Waals surface area contributed by atoms with Crippen LogP contribution in [-0.4, -0.2) is 43.6 Å². The van der Waals surface area contributed by atoms with Crippen molar-refractivity contribution in [2.75, 3.05) is 32.7 Å². The molecule has 1 rings (SSSR count). The second kappa shape index (κ2) is 9.75. The van der Waals surface area contributed by atoms with E-state index in [0.717, 1.165) is 19.7 Å². The van der Waals surface area contributed by atoms with Crippen molar-refractivity contribution in [3.63, 3.8) is 0 Å². The van der Waals surface area contributed by atoms with Crippen LogP contribution in [0.25, 0.3) is 0 Å². The predicted molar refractivity (Wildman–Crippen MR) is 97.6 cm³/mol. The summed E-state index contributed by atoms with van der Waals surface area (Å²) in [5, 5.41) is 0. The first kappa shape index (κ1) is 19.7. The average Bonchev–Trinajstić information content (AvgIpc) is 2.50. The highest BCUT2D eigenvalue weighted by atomic mass is 35.5. The van der Waals surface area contributed by atoms with Gasteiger partial charge >= 0.3 is 0 Å². The molecule has 0 aromatic rings. The quantitative estimate of drug-likeness (QED) is 0.447. The zero-order valence-electron chi connectivity index (χ0n) is 14.9. The summed E-state index contributed by atoms with van der Waals surface area (Å²) in [6.45, 7) is 18.1. The normalized spacial score (nSPS) is 25.7. The van der Waals surface area contributed by atoms with Gasteiger partial charge in [0.05, 0.1) is 6.61 Å². The fourth-order valence-corrected chi connectivity index (χ4v) is 3.68. The van der Waals surface area contributed by atoms with Crippen molar-refractivity contribution >= 4 is 11.6 Å². The van der Waals surface area contributed by atoms with Crippen molar-refractivity contribution < 1.29 is 4.74 Å². The standard InChI is InChI=1S/C19H34ClNO/c1-14(2)21(9-10-22-6)13-17(5)18-8-7-15(3)19(11-18)16(4)12-20/h14-15,18-19H,4-5,7-13H2,1-3,6H3. The number of ether oxygens (including phenoxy) is 1. The van der Waals surface area contributed by atoms with Gasteiger partial charge in [0.1, 0.15) is 0 Å². The summed E-state index contributed by atoms with van der Waals surface area (Å²) in [6, 6.07) is 0.517. The third kappa shape index (κ3) is 5.72. The molecule has 3 atom stereocenters. The highest BCUT2D eigenvalue weighted by Crippen LogP contribution is 2.40. The first-order valence-electron chi connectivity index (χ1n) is 8.54. The Bertz CT molecular complexity index is 366. The first-order valence-corrected chi connectivity index (χ1v) is 9.08. The van der Waals surface area contributed by atoms with Crippen molar-refractivity contribution in [3.05, 3.63) is 24.3 Å². The Kier molecular flexibility index (Phi) is 8.74. The second-order valence-electron chi connectivity index (χ2n) is 7.10. The minimum atomic E-state index is 0.517. The van der Waals surface area contributed by atoms with Gasteiger partial charge in [-0.1, -0.05) is 31.2 Å². The SMILES string of the molecule is C=C(CN(CCOC)C(C)C)C1CCC(C)C(C(=C)CCl)C1. The van der Waals surface area contributed by atoms with Gasteiger partial charge in [0.25, 0.3) is 0 Å². The largest absolute Gasteiger partial charge is 0.383 e. The van der Waals surface area contributed by atoms with Gasteiger partial charge < -0.3 is 4.74 Å². The van der Waals surface area contributed by atoms with Crippen molar-refractivity contribution in [1.82, 2.24) is 4.90 Å². The summed E-state index contributed by atoms with van der Waals surface area (Å²) >= 11 is 6.02. The average molecular weight is 328 g/mol. The van der Waals surface area contributed by atoms with Crippen molar-refractivity contribution in [2.24, 2.45) is 17.8 Å². The highest BCUT2D eigenvalue weighted by Gasteiger charge is 2.30. The Morgan fingerprint density at radius 2 is 1.95 bits per heavy atom. The maximum atomic E-state index is 6.02. The van der Waals surface area contributed by atoms with Crippen LogP contribution < -0.4 is 0 Å². The van der Waals surface area contributed by atoms with E-state index in [-0.39, 0.29) is 0 Å². The third-order valence-corrected chi connectivity index (χ3v) is 5.53. The van der Waals surface area contributed by atoms with E-state index in [0.29, 0.717) is 29.7 Å². The summed E-state index contributed by atoms with van der Waals surface area (Å²) in [6.07, 6.45) is 3.67. The number of hydrogen-bond donors (Lipinski definition) is 0. The van der Waals surface area contributed by atoms with Gasteiger partial charge in [0.15, 0.2) is 0 Å². The summed E-state index contributed by atoms with van der Waals surface area (Å²) in [5.41, 5.74) is 2.57. The number of allylic oxidation sites excluding steroid dienone is 1. The van der Waals surface area contributed by atoms with Gasteiger partial charge in [-0.15, -0.1) is 11.6 Å². The lowest BCUT2D eigenvalue weighted by Crippen LogP contribution is -2.37. The van der Waals surface area contributed by atoms with Crippen LogP contribution in [0, 0.1) is 17.8 Å². The van der Waals surface area contributed by atoms with Gasteiger partial charge in [-0.2, -0.15) is 0 Å². The van der Waals surface area contributed by atoms with Crippen LogP contribution in [-0.2, 0) is 4.74 Å². The van der Waals surface area contributed by atoms with E-state index < -0.39 is 0 Å². The molecular formula is C19H34ClNO. The second-order valence-corrected chi connectivity index (χ2v) is 7.37. The fraction of sp³-hybridized carbons (Fsp3) is 0.789. The maximum Gasteiger partial charge on any atom is 0.0589 e. The van der Waals surface area contributed by atoms with Gasteiger partial charge in [-0.05, 0) is 50.9 Å². The van der Waals surface area contributed by atoms with Crippen LogP contribution in [0.4, 0.5) is 0 Å². The minimum Gasteiger partial charge on any atom is -0.383 e. The Morgan fingerprint density at radius 3 is 2.50 bits per heavy atom. The molecular weight excluding hydrogens is 294 g/mol. The lowest BCUT2D eigenvalue weighted by molar-refractivity contribution is 0.132. The molecule has 0 aliphatic heterocycles. The van der Waals surface area contributed by atoms with E-state index in [1.165, 1.54) is 30.4 Å². The number of halogens is 1. The Hall–Kier alpha value is -0.310. The summed E-state index contributed by atoms with van der Waals surface area (Å²) < 4.78 is 5.23. The molecule has 0 radical (unpaired) electrons. The molecule has 1 aliphatic carbocycles. The molecule has 1 saturated carbocycles. The predicted octanol–water partition coefficient (Wildman–Crippen LogP) is 4.75. The number of hydrogen-bond acceptors (Lipinski definition) is 2. The topological polar surface area (TPSA) is 12.5 Å². The van der Waals surface area contributed by atoms with Gasteiger partial charge in [-0.25, -0.2) is 0 Å². The van der Waals surface area contributed by atoms with Crippen LogP contribution in [0.2, 0.25) is 0 Å². The smallest absolute Gasteiger partial charge is 0.0589 e. The number of nitrogens with zero attached hydrogens (tertiary/aromatic N) is 1. The molecule has 0 heterocycles. The molecule has 1 aliphatic rings. The van der Waals surface area contributed by atoms with E-state index in [1.807, 2.05) is 0 Å². The van der Waals surface area contributed by atoms with E-state index in [9.17, 15) is 0 Å². The van der Waals surface area contributed by atoms with Crippen molar-refractivity contribution in [2.45, 2.75) is 46.1 Å². The Labute approximate surface area is 142 Å². The summed E-state index contributed by atoms with van der Waals surface area (Å²) in [7, 11) is 1.76. The first-order chi connectivity index (χ1) is 10.4. The third-order valence-electron chi connectivity index (χ3n) is 5.19. The minimum absolute atomic E-state index is 0.517. The molecule has 3 unspecified atom stereocenters. The van der Waals surface area contributed by atoms with E-state index in [2.05, 4.69) is 38.8 Å². The van der Waals surface area contributed by atoms with E-state index in [1.54, 1.807) is 7.11 Å². The highest BCUT2D eigenvalue weighted by molar-refractivity contribution is 6.19. The molecule has 0 saturated heterocycles. The van der Waals surface area contributed by atoms with Crippen molar-refractivity contribution in [3.8, 4) is 0 Å². The Balaban J connectivity index is 2.62. The molecule has 0 N–H and O–H groups in total. The van der Waals surface area contributed by atoms with Gasteiger partial charge in [-0.3, -0.25) is 4.90 Å². The lowest BCUT2D eigenvalue weighted by atomic mass is 9.70. The number of rotatable bonds is 9. The molecule has 2 nitrogen and oxygen atoms in total. The van der Waals surface area contributed by atoms with Crippen LogP contribution in [0.5, 0.6) is 0 Å². The molecule has 0 spiro atoms. The number of methoxy groups -OCH3 is 1. The van der Waals surface area contributed by atoms with E-state index >= 15 is 0 Å². The molecule has 0 amide bonds. The molecule has 0 bridgehead atoms. The molecule has 1 fully saturated rings. The monoisotopic (exact) mass is 327 g/mol. The van der Waals surface area contributed by atoms with Gasteiger partial charge in [0, 0.05) is 32.1 Å². The van der Waals surface area contributed by atoms with Crippen molar-refractivity contribution in [1.29, 1.82) is 0 Å². The van der Waals surface area contributed by atoms with Crippen LogP contribution in [0.1, 0.15) is 40.0 Å². The van der Waals surface area contributed by atoms with Crippen LogP contribution in [0.15, 0.2) is 24.3 Å². The molecule has 128 valence electrons. The molecule has 3 heteroatoms. The summed E-state index contributed by atoms with van der Waals surface area (Å²) in [4.78, 5) is 2.45. The molecule has 0 aromatic carbocycles. The maximum absolute atomic E-state index is 6.02. The molecule has 0 aromatic heterocycles. The lowest BCUT2D eigenvalue weighted by Gasteiger charge is -2.38. The zero-order valence-corrected chi connectivity index (χ0v) is 15.7. The Morgan fingerprint density at radius 1 is 1.27 bits per heavy atom. The van der Waals surface area contributed by atoms with E-state index in [4.69, 9.17) is 16.3 Å². The summed E-state index contributed by atoms with van der Waals surface area (Å²) in [5.74, 6) is 2.44. The van der Waals surface area contributed by atoms with Crippen LogP contribution in [0.3, 0.4) is 0 Å². The zero-order chi connectivity index (χ0) is 16.7. The van der Waals surface area contributed by atoms with Crippen LogP contribution >= 0.6 is 11.6 Å². The number of alkyl halides is 1. The fourth-order valence-electron chi connectivity index (χ4n) is 3.48. The molecule has 22 heavy (non-hydrogen) atoms.